The van der Waals surface area contributed by atoms with Crippen molar-refractivity contribution >= 4 is 28.9 Å². The molecule has 0 radical (unpaired) electrons. The summed E-state index contributed by atoms with van der Waals surface area (Å²) in [7, 11) is 3.62. The van der Waals surface area contributed by atoms with Crippen LogP contribution in [0.25, 0.3) is 0 Å². The number of halogens is 4. The van der Waals surface area contributed by atoms with Crippen LogP contribution in [0.15, 0.2) is 18.2 Å². The third-order valence-electron chi connectivity index (χ3n) is 3.54. The van der Waals surface area contributed by atoms with Gasteiger partial charge in [-0.15, -0.1) is 0 Å². The van der Waals surface area contributed by atoms with Crippen molar-refractivity contribution < 1.29 is 36.6 Å². The van der Waals surface area contributed by atoms with Crippen molar-refractivity contribution in [2.45, 2.75) is 0 Å². The Morgan fingerprint density at radius 1 is 0.929 bits per heavy atom. The van der Waals surface area contributed by atoms with Crippen LogP contribution in [0.1, 0.15) is 10.4 Å². The number of methoxy groups -OCH3 is 3. The van der Waals surface area contributed by atoms with Crippen LogP contribution < -0.4 is 24.8 Å². The van der Waals surface area contributed by atoms with E-state index >= 15 is 0 Å². The maximum absolute atomic E-state index is 14.0. The van der Waals surface area contributed by atoms with Crippen molar-refractivity contribution in [3.05, 3.63) is 47.0 Å². The maximum Gasteiger partial charge on any atom is 0.263 e. The van der Waals surface area contributed by atoms with Gasteiger partial charge in [-0.3, -0.25) is 10.1 Å². The summed E-state index contributed by atoms with van der Waals surface area (Å²) >= 11 is 4.90. The molecule has 0 unspecified atom stereocenters. The highest BCUT2D eigenvalue weighted by atomic mass is 32.1. The number of carbonyl (C=O) groups is 1. The Balaban J connectivity index is 2.28. The molecule has 2 N–H and O–H groups in total. The molecule has 0 saturated heterocycles. The van der Waals surface area contributed by atoms with Gasteiger partial charge in [-0.25, -0.2) is 8.78 Å². The van der Waals surface area contributed by atoms with Gasteiger partial charge in [-0.05, 0) is 24.4 Å². The fraction of sp³-hybridized carbons (Fsp3) is 0.176. The minimum atomic E-state index is -1.92. The molecule has 150 valence electrons. The second kappa shape index (κ2) is 8.74. The minimum absolute atomic E-state index is 0.264. The van der Waals surface area contributed by atoms with Crippen molar-refractivity contribution in [1.82, 2.24) is 5.32 Å². The quantitative estimate of drug-likeness (QED) is 0.441. The molecule has 0 saturated carbocycles. The maximum atomic E-state index is 14.0. The smallest absolute Gasteiger partial charge is 0.263 e. The first-order valence-electron chi connectivity index (χ1n) is 7.49. The summed E-state index contributed by atoms with van der Waals surface area (Å²) in [5.74, 6) is -9.59. The van der Waals surface area contributed by atoms with Crippen molar-refractivity contribution in [3.8, 4) is 17.2 Å². The normalized spacial score (nSPS) is 10.2. The number of ether oxygens (including phenoxy) is 3. The van der Waals surface area contributed by atoms with E-state index in [-0.39, 0.29) is 5.69 Å². The van der Waals surface area contributed by atoms with Gasteiger partial charge in [0.2, 0.25) is 11.6 Å². The van der Waals surface area contributed by atoms with E-state index in [1.54, 1.807) is 12.1 Å². The fourth-order valence-electron chi connectivity index (χ4n) is 2.22. The summed E-state index contributed by atoms with van der Waals surface area (Å²) in [5, 5.41) is 4.09. The van der Waals surface area contributed by atoms with E-state index in [1.807, 2.05) is 5.32 Å². The largest absolute Gasteiger partial charge is 0.497 e. The number of hydrogen-bond acceptors (Lipinski definition) is 5. The van der Waals surface area contributed by atoms with Gasteiger partial charge in [0.15, 0.2) is 22.5 Å². The molecule has 0 bridgehead atoms. The predicted octanol–water partition coefficient (Wildman–Crippen LogP) is 3.40. The summed E-state index contributed by atoms with van der Waals surface area (Å²) in [4.78, 5) is 12.1. The molecule has 0 aliphatic heterocycles. The first-order valence-corrected chi connectivity index (χ1v) is 7.90. The van der Waals surface area contributed by atoms with Gasteiger partial charge >= 0.3 is 0 Å². The van der Waals surface area contributed by atoms with Crippen molar-refractivity contribution in [2.75, 3.05) is 26.6 Å². The topological polar surface area (TPSA) is 68.8 Å². The average molecular weight is 418 g/mol. The Labute approximate surface area is 162 Å². The monoisotopic (exact) mass is 418 g/mol. The highest BCUT2D eigenvalue weighted by Crippen LogP contribution is 2.30. The third-order valence-corrected chi connectivity index (χ3v) is 3.74. The number of benzene rings is 2. The minimum Gasteiger partial charge on any atom is -0.497 e. The number of rotatable bonds is 5. The van der Waals surface area contributed by atoms with Gasteiger partial charge in [-0.1, -0.05) is 0 Å². The molecular weight excluding hydrogens is 404 g/mol. The molecule has 2 aromatic rings. The van der Waals surface area contributed by atoms with Crippen LogP contribution in [0, 0.1) is 23.3 Å². The molecule has 1 amide bonds. The Morgan fingerprint density at radius 3 is 2.04 bits per heavy atom. The third kappa shape index (κ3) is 4.09. The second-order valence-corrected chi connectivity index (χ2v) is 5.55. The molecule has 0 fully saturated rings. The lowest BCUT2D eigenvalue weighted by Crippen LogP contribution is -2.35. The standard InChI is InChI=1S/C17H14F4N2O4S/c1-25-7-4-5-9(26-2)8(6-7)22-17(28)23-16(24)10-11(18)13(20)15(27-3)14(21)12(10)19/h4-6H,1-3H3,(H2,22,23,24,28). The summed E-state index contributed by atoms with van der Waals surface area (Å²) in [5.41, 5.74) is -1.22. The predicted molar refractivity (Wildman–Crippen MR) is 96.1 cm³/mol. The number of carbonyl (C=O) groups excluding carboxylic acids is 1. The first kappa shape index (κ1) is 21.2. The van der Waals surface area contributed by atoms with Crippen LogP contribution in [-0.2, 0) is 0 Å². The molecular formula is C17H14F4N2O4S. The lowest BCUT2D eigenvalue weighted by Gasteiger charge is -2.15. The Hall–Kier alpha value is -3.08. The highest BCUT2D eigenvalue weighted by Gasteiger charge is 2.30. The zero-order chi connectivity index (χ0) is 21.0. The average Bonchev–Trinajstić information content (AvgIpc) is 2.66. The van der Waals surface area contributed by atoms with Crippen molar-refractivity contribution in [2.24, 2.45) is 0 Å². The van der Waals surface area contributed by atoms with Gasteiger partial charge in [0.1, 0.15) is 17.1 Å². The van der Waals surface area contributed by atoms with Crippen LogP contribution in [0.3, 0.4) is 0 Å². The van der Waals surface area contributed by atoms with Crippen LogP contribution >= 0.6 is 12.2 Å². The zero-order valence-corrected chi connectivity index (χ0v) is 15.6. The summed E-state index contributed by atoms with van der Waals surface area (Å²) < 4.78 is 70.0. The lowest BCUT2D eigenvalue weighted by atomic mass is 10.1. The molecule has 11 heteroatoms. The number of anilines is 1. The first-order chi connectivity index (χ1) is 13.2. The van der Waals surface area contributed by atoms with Crippen LogP contribution in [0.4, 0.5) is 23.2 Å². The molecule has 0 aliphatic carbocycles. The van der Waals surface area contributed by atoms with Crippen LogP contribution in [-0.4, -0.2) is 32.3 Å². The number of nitrogens with one attached hydrogen (secondary N) is 2. The molecule has 2 rings (SSSR count). The van der Waals surface area contributed by atoms with E-state index in [4.69, 9.17) is 21.7 Å². The van der Waals surface area contributed by atoms with Gasteiger partial charge in [0.05, 0.1) is 27.0 Å². The van der Waals surface area contributed by atoms with Crippen molar-refractivity contribution in [1.29, 1.82) is 0 Å². The molecule has 2 aromatic carbocycles. The van der Waals surface area contributed by atoms with Crippen molar-refractivity contribution in [3.63, 3.8) is 0 Å². The van der Waals surface area contributed by atoms with E-state index in [1.165, 1.54) is 20.3 Å². The molecule has 0 aromatic heterocycles. The molecule has 28 heavy (non-hydrogen) atoms. The zero-order valence-electron chi connectivity index (χ0n) is 14.8. The van der Waals surface area contributed by atoms with Crippen LogP contribution in [0.5, 0.6) is 17.2 Å². The van der Waals surface area contributed by atoms with Gasteiger partial charge in [-0.2, -0.15) is 8.78 Å². The molecule has 6 nitrogen and oxygen atoms in total. The van der Waals surface area contributed by atoms with Gasteiger partial charge in [0.25, 0.3) is 5.91 Å². The van der Waals surface area contributed by atoms with E-state index in [9.17, 15) is 22.4 Å². The second-order valence-electron chi connectivity index (χ2n) is 5.14. The number of amides is 1. The molecule has 0 spiro atoms. The van der Waals surface area contributed by atoms with E-state index in [2.05, 4.69) is 10.1 Å². The Bertz CT molecular complexity index is 911. The summed E-state index contributed by atoms with van der Waals surface area (Å²) in [6.45, 7) is 0. The van der Waals surface area contributed by atoms with E-state index in [0.29, 0.717) is 11.5 Å². The summed E-state index contributed by atoms with van der Waals surface area (Å²) in [6, 6.07) is 4.61. The molecule has 0 heterocycles. The number of thiocarbonyl (C=S) groups is 1. The highest BCUT2D eigenvalue weighted by molar-refractivity contribution is 7.80. The Kier molecular flexibility index (Phi) is 6.62. The van der Waals surface area contributed by atoms with Crippen LogP contribution in [0.2, 0.25) is 0 Å². The lowest BCUT2D eigenvalue weighted by molar-refractivity contribution is 0.0966. The van der Waals surface area contributed by atoms with Gasteiger partial charge < -0.3 is 19.5 Å². The van der Waals surface area contributed by atoms with E-state index < -0.39 is 45.6 Å². The van der Waals surface area contributed by atoms with E-state index in [0.717, 1.165) is 7.11 Å². The Morgan fingerprint density at radius 2 is 1.54 bits per heavy atom. The van der Waals surface area contributed by atoms with Gasteiger partial charge in [0, 0.05) is 6.07 Å². The molecule has 0 aliphatic rings. The SMILES string of the molecule is COc1ccc(OC)c(NC(=S)NC(=O)c2c(F)c(F)c(OC)c(F)c2F)c1. The number of hydrogen-bond donors (Lipinski definition) is 2. The fourth-order valence-corrected chi connectivity index (χ4v) is 2.42. The summed E-state index contributed by atoms with van der Waals surface area (Å²) in [6.07, 6.45) is 0. The molecule has 0 atom stereocenters.